The summed E-state index contributed by atoms with van der Waals surface area (Å²) in [5.41, 5.74) is 5.37. The minimum atomic E-state index is 0. The summed E-state index contributed by atoms with van der Waals surface area (Å²) in [5, 5.41) is 2.20. The number of aromatic nitrogens is 1. The molecule has 1 aliphatic heterocycles. The number of halogens is 1. The molecule has 2 aromatic carbocycles. The minimum Gasteiger partial charge on any atom is -0.353 e. The number of hydrogen-bond acceptors (Lipinski definition) is 4. The van der Waals surface area contributed by atoms with Gasteiger partial charge in [0.1, 0.15) is 5.82 Å². The number of fused-ring (bicyclic) bond motifs is 2. The van der Waals surface area contributed by atoms with Crippen LogP contribution >= 0.6 is 23.1 Å². The van der Waals surface area contributed by atoms with Gasteiger partial charge in [0.15, 0.2) is 0 Å². The van der Waals surface area contributed by atoms with Crippen molar-refractivity contribution in [3.8, 4) is 0 Å². The van der Waals surface area contributed by atoms with E-state index in [0.717, 1.165) is 62.8 Å². The second-order valence-electron chi connectivity index (χ2n) is 7.90. The van der Waals surface area contributed by atoms with Crippen LogP contribution in [0, 0.1) is 0 Å². The number of hydrogen-bond donors (Lipinski definition) is 0. The van der Waals surface area contributed by atoms with Crippen LogP contribution in [0.5, 0.6) is 0 Å². The average Bonchev–Trinajstić information content (AvgIpc) is 3.29. The van der Waals surface area contributed by atoms with E-state index in [4.69, 9.17) is 16.0 Å². The van der Waals surface area contributed by atoms with Crippen LogP contribution in [0.2, 0.25) is 5.02 Å². The maximum Gasteiger partial charge on any atom is 0.150 e. The van der Waals surface area contributed by atoms with Crippen molar-refractivity contribution in [2.24, 2.45) is 0 Å². The van der Waals surface area contributed by atoms with Crippen LogP contribution in [0.3, 0.4) is 0 Å². The molecule has 1 aromatic heterocycles. The molecule has 0 spiro atoms. The van der Waals surface area contributed by atoms with Gasteiger partial charge in [-0.25, -0.2) is 0 Å². The molecule has 29 heavy (non-hydrogen) atoms. The zero-order valence-electron chi connectivity index (χ0n) is 16.5. The molecule has 2 heterocycles. The Kier molecular flexibility index (Phi) is 6.77. The summed E-state index contributed by atoms with van der Waals surface area (Å²) in [4.78, 5) is 4.98. The molecule has 2 aliphatic rings. The molecule has 5 rings (SSSR count). The van der Waals surface area contributed by atoms with Crippen LogP contribution < -0.4 is 4.90 Å². The third-order valence-electron chi connectivity index (χ3n) is 5.98. The first-order valence-corrected chi connectivity index (χ1v) is 11.1. The van der Waals surface area contributed by atoms with E-state index >= 15 is 0 Å². The van der Waals surface area contributed by atoms with Gasteiger partial charge in [0.05, 0.1) is 4.70 Å². The van der Waals surface area contributed by atoms with E-state index in [9.17, 15) is 0 Å². The molecular weight excluding hydrogens is 475 g/mol. The Bertz CT molecular complexity index is 1040. The summed E-state index contributed by atoms with van der Waals surface area (Å²) >= 11 is 8.16. The van der Waals surface area contributed by atoms with Crippen LogP contribution in [-0.2, 0) is 52.0 Å². The first-order valence-electron chi connectivity index (χ1n) is 9.96. The summed E-state index contributed by atoms with van der Waals surface area (Å²) < 4.78 is 5.99. The number of anilines is 1. The quantitative estimate of drug-likeness (QED) is 0.474. The zero-order chi connectivity index (χ0) is 19.1. The maximum atomic E-state index is 6.56. The van der Waals surface area contributed by atoms with Crippen molar-refractivity contribution in [1.82, 2.24) is 9.27 Å². The van der Waals surface area contributed by atoms with Crippen LogP contribution in [-0.4, -0.2) is 42.0 Å². The van der Waals surface area contributed by atoms with Gasteiger partial charge in [0.2, 0.25) is 0 Å². The minimum absolute atomic E-state index is 0. The average molecular weight is 499 g/mol. The number of rotatable bonds is 4. The van der Waals surface area contributed by atoms with E-state index in [1.54, 1.807) is 11.5 Å². The first-order chi connectivity index (χ1) is 13.7. The summed E-state index contributed by atoms with van der Waals surface area (Å²) in [6, 6.07) is 13.0. The van der Waals surface area contributed by atoms with Gasteiger partial charge in [-0.05, 0) is 65.7 Å². The van der Waals surface area contributed by atoms with E-state index in [-0.39, 0.29) is 32.7 Å². The monoisotopic (exact) mass is 498 g/mol. The Hall–Kier alpha value is -0.776. The van der Waals surface area contributed by atoms with Gasteiger partial charge in [-0.2, -0.15) is 4.37 Å². The fourth-order valence-electron chi connectivity index (χ4n) is 4.39. The maximum absolute atomic E-state index is 6.56. The summed E-state index contributed by atoms with van der Waals surface area (Å²) in [7, 11) is 0. The Labute approximate surface area is 206 Å². The molecule has 0 N–H and O–H groups in total. The Morgan fingerprint density at radius 3 is 2.55 bits per heavy atom. The first kappa shape index (κ1) is 21.5. The van der Waals surface area contributed by atoms with Crippen LogP contribution in [0.4, 0.5) is 5.82 Å². The van der Waals surface area contributed by atoms with E-state index in [2.05, 4.69) is 52.8 Å². The van der Waals surface area contributed by atoms with Gasteiger partial charge in [-0.15, -0.1) is 0 Å². The number of allylic oxidation sites excluding steroid dienone is 1. The third kappa shape index (κ3) is 4.47. The van der Waals surface area contributed by atoms with E-state index in [1.807, 2.05) is 0 Å². The molecule has 1 fully saturated rings. The van der Waals surface area contributed by atoms with E-state index in [0.29, 0.717) is 0 Å². The van der Waals surface area contributed by atoms with Crippen LogP contribution in [0.1, 0.15) is 16.7 Å². The van der Waals surface area contributed by atoms with Crippen molar-refractivity contribution in [2.45, 2.75) is 19.3 Å². The molecule has 1 aliphatic carbocycles. The molecule has 6 heteroatoms. The topological polar surface area (TPSA) is 19.4 Å². The molecule has 0 saturated carbocycles. The number of benzene rings is 2. The van der Waals surface area contributed by atoms with Crippen molar-refractivity contribution >= 4 is 39.0 Å². The smallest absolute Gasteiger partial charge is 0.150 e. The predicted octanol–water partition coefficient (Wildman–Crippen LogP) is 4.97. The Balaban J connectivity index is 0.00000205. The van der Waals surface area contributed by atoms with Crippen molar-refractivity contribution in [3.63, 3.8) is 0 Å². The van der Waals surface area contributed by atoms with Crippen LogP contribution in [0.25, 0.3) is 10.1 Å². The van der Waals surface area contributed by atoms with Gasteiger partial charge >= 0.3 is 0 Å². The molecule has 0 amide bonds. The standard InChI is InChI=1S/C23H24ClN3S.Y/c1-16-12-18-14-17(21(24)15-19(18)13-16)6-7-26-8-10-27(11-9-26)23-20-4-2-3-5-22(20)28-25-23;/h2-5,14-15H,1,6-13H2;. The Morgan fingerprint density at radius 1 is 1.03 bits per heavy atom. The SMILES string of the molecule is C=C1Cc2cc(Cl)c(CCN3CCN(c4nsc5ccccc45)CC3)cc2C1.[Y]. The molecular formula is C23H24ClN3SY. The molecule has 3 nitrogen and oxygen atoms in total. The van der Waals surface area contributed by atoms with E-state index in [1.165, 1.54) is 32.3 Å². The van der Waals surface area contributed by atoms with Crippen molar-refractivity contribution in [3.05, 3.63) is 70.3 Å². The number of piperazine rings is 1. The van der Waals surface area contributed by atoms with Crippen LogP contribution in [0.15, 0.2) is 48.6 Å². The van der Waals surface area contributed by atoms with Gasteiger partial charge in [-0.1, -0.05) is 42.0 Å². The van der Waals surface area contributed by atoms with Crippen molar-refractivity contribution in [1.29, 1.82) is 0 Å². The molecule has 0 atom stereocenters. The van der Waals surface area contributed by atoms with Crippen molar-refractivity contribution < 1.29 is 32.7 Å². The molecule has 0 bridgehead atoms. The normalized spacial score (nSPS) is 16.9. The zero-order valence-corrected chi connectivity index (χ0v) is 20.9. The summed E-state index contributed by atoms with van der Waals surface area (Å²) in [6.45, 7) is 9.41. The largest absolute Gasteiger partial charge is 0.353 e. The Morgan fingerprint density at radius 2 is 1.76 bits per heavy atom. The predicted molar refractivity (Wildman–Crippen MR) is 120 cm³/mol. The molecule has 1 saturated heterocycles. The third-order valence-corrected chi connectivity index (χ3v) is 7.15. The molecule has 147 valence electrons. The molecule has 0 unspecified atom stereocenters. The fourth-order valence-corrected chi connectivity index (χ4v) is 5.47. The van der Waals surface area contributed by atoms with Gasteiger partial charge in [0, 0.05) is 75.8 Å². The summed E-state index contributed by atoms with van der Waals surface area (Å²) in [6.07, 6.45) is 3.01. The molecule has 3 aromatic rings. The fraction of sp³-hybridized carbons (Fsp3) is 0.348. The number of nitrogens with zero attached hydrogens (tertiary/aromatic N) is 3. The van der Waals surface area contributed by atoms with Gasteiger partial charge in [-0.3, -0.25) is 4.90 Å². The van der Waals surface area contributed by atoms with E-state index < -0.39 is 0 Å². The van der Waals surface area contributed by atoms with Gasteiger partial charge in [0.25, 0.3) is 0 Å². The summed E-state index contributed by atoms with van der Waals surface area (Å²) in [5.74, 6) is 1.15. The second-order valence-corrected chi connectivity index (χ2v) is 9.11. The van der Waals surface area contributed by atoms with Gasteiger partial charge < -0.3 is 4.90 Å². The van der Waals surface area contributed by atoms with Crippen molar-refractivity contribution in [2.75, 3.05) is 37.6 Å². The molecule has 1 radical (unpaired) electrons. The second kappa shape index (κ2) is 9.15.